The number of nitrogens with two attached hydrogens (primary N) is 1. The number of aromatic nitrogens is 2. The zero-order chi connectivity index (χ0) is 12.1. The van der Waals surface area contributed by atoms with Crippen LogP contribution in [0.5, 0.6) is 5.75 Å². The van der Waals surface area contributed by atoms with E-state index < -0.39 is 0 Å². The van der Waals surface area contributed by atoms with Crippen molar-refractivity contribution >= 4 is 24.0 Å². The lowest BCUT2D eigenvalue weighted by Crippen LogP contribution is -2.03. The molecule has 5 nitrogen and oxygen atoms in total. The smallest absolute Gasteiger partial charge is 0.228 e. The highest BCUT2D eigenvalue weighted by molar-refractivity contribution is 6.32. The molecule has 0 radical (unpaired) electrons. The van der Waals surface area contributed by atoms with Gasteiger partial charge in [0, 0.05) is 13.0 Å². The van der Waals surface area contributed by atoms with Crippen LogP contribution in [0.1, 0.15) is 11.7 Å². The molecule has 0 aliphatic heterocycles. The van der Waals surface area contributed by atoms with Gasteiger partial charge in [-0.05, 0) is 12.1 Å². The summed E-state index contributed by atoms with van der Waals surface area (Å²) in [7, 11) is 0. The molecular formula is C11H13Cl2N3O2. The first-order chi connectivity index (χ1) is 8.29. The van der Waals surface area contributed by atoms with Crippen molar-refractivity contribution in [2.24, 2.45) is 5.73 Å². The molecular weight excluding hydrogens is 277 g/mol. The molecule has 0 unspecified atom stereocenters. The van der Waals surface area contributed by atoms with E-state index in [0.717, 1.165) is 0 Å². The van der Waals surface area contributed by atoms with Crippen molar-refractivity contribution in [1.82, 2.24) is 10.1 Å². The summed E-state index contributed by atoms with van der Waals surface area (Å²) < 4.78 is 10.4. The molecule has 0 bridgehead atoms. The third-order valence-corrected chi connectivity index (χ3v) is 2.37. The molecule has 0 fully saturated rings. The van der Waals surface area contributed by atoms with E-state index in [0.29, 0.717) is 35.5 Å². The Balaban J connectivity index is 0.00000162. The summed E-state index contributed by atoms with van der Waals surface area (Å²) in [5, 5.41) is 4.32. The van der Waals surface area contributed by atoms with Gasteiger partial charge in [-0.15, -0.1) is 12.4 Å². The van der Waals surface area contributed by atoms with Gasteiger partial charge in [0.05, 0.1) is 5.02 Å². The number of rotatable bonds is 5. The molecule has 7 heteroatoms. The van der Waals surface area contributed by atoms with Crippen LogP contribution in [-0.4, -0.2) is 16.7 Å². The van der Waals surface area contributed by atoms with Crippen LogP contribution < -0.4 is 10.5 Å². The first-order valence-corrected chi connectivity index (χ1v) is 5.56. The van der Waals surface area contributed by atoms with E-state index in [2.05, 4.69) is 10.1 Å². The van der Waals surface area contributed by atoms with Crippen LogP contribution in [0.2, 0.25) is 5.02 Å². The van der Waals surface area contributed by atoms with Crippen LogP contribution in [0.3, 0.4) is 0 Å². The van der Waals surface area contributed by atoms with Gasteiger partial charge in [-0.25, -0.2) is 0 Å². The highest BCUT2D eigenvalue weighted by atomic mass is 35.5. The Hall–Kier alpha value is -1.30. The fourth-order valence-electron chi connectivity index (χ4n) is 1.28. The average Bonchev–Trinajstić information content (AvgIpc) is 2.76. The maximum Gasteiger partial charge on any atom is 0.228 e. The van der Waals surface area contributed by atoms with Crippen molar-refractivity contribution in [3.8, 4) is 5.75 Å². The summed E-state index contributed by atoms with van der Waals surface area (Å²) in [6.45, 7) is 0.699. The molecule has 1 aromatic carbocycles. The number of nitrogens with zero attached hydrogens (tertiary/aromatic N) is 2. The molecule has 0 atom stereocenters. The Morgan fingerprint density at radius 2 is 2.11 bits per heavy atom. The van der Waals surface area contributed by atoms with Gasteiger partial charge < -0.3 is 15.0 Å². The minimum Gasteiger partial charge on any atom is -0.484 e. The largest absolute Gasteiger partial charge is 0.484 e. The van der Waals surface area contributed by atoms with Gasteiger partial charge in [0.1, 0.15) is 5.75 Å². The zero-order valence-corrected chi connectivity index (χ0v) is 11.1. The highest BCUT2D eigenvalue weighted by Crippen LogP contribution is 2.23. The van der Waals surface area contributed by atoms with Crippen molar-refractivity contribution in [3.63, 3.8) is 0 Å². The lowest BCUT2D eigenvalue weighted by atomic mass is 10.3. The normalized spacial score (nSPS) is 9.89. The number of benzene rings is 1. The molecule has 0 saturated carbocycles. The Labute approximate surface area is 116 Å². The first-order valence-electron chi connectivity index (χ1n) is 5.18. The number of para-hydroxylation sites is 1. The van der Waals surface area contributed by atoms with Crippen LogP contribution in [0.25, 0.3) is 0 Å². The summed E-state index contributed by atoms with van der Waals surface area (Å²) >= 11 is 5.94. The van der Waals surface area contributed by atoms with Gasteiger partial charge in [-0.1, -0.05) is 28.9 Å². The highest BCUT2D eigenvalue weighted by Gasteiger charge is 2.07. The molecule has 0 aliphatic carbocycles. The van der Waals surface area contributed by atoms with Crippen molar-refractivity contribution in [2.45, 2.75) is 13.0 Å². The lowest BCUT2D eigenvalue weighted by Gasteiger charge is -2.04. The second kappa shape index (κ2) is 7.20. The van der Waals surface area contributed by atoms with Crippen LogP contribution in [0, 0.1) is 0 Å². The Morgan fingerprint density at radius 3 is 2.83 bits per heavy atom. The molecule has 0 saturated heterocycles. The second-order valence-electron chi connectivity index (χ2n) is 3.36. The van der Waals surface area contributed by atoms with Crippen molar-refractivity contribution in [1.29, 1.82) is 0 Å². The molecule has 1 heterocycles. The van der Waals surface area contributed by atoms with Gasteiger partial charge in [-0.3, -0.25) is 0 Å². The predicted octanol–water partition coefficient (Wildman–Crippen LogP) is 2.22. The predicted molar refractivity (Wildman–Crippen MR) is 70.1 cm³/mol. The SMILES string of the molecule is Cl.NCCc1nc(COc2ccccc2Cl)no1. The minimum absolute atomic E-state index is 0. The monoisotopic (exact) mass is 289 g/mol. The third kappa shape index (κ3) is 3.87. The van der Waals surface area contributed by atoms with Gasteiger partial charge in [-0.2, -0.15) is 4.98 Å². The number of ether oxygens (including phenoxy) is 1. The van der Waals surface area contributed by atoms with E-state index >= 15 is 0 Å². The fraction of sp³-hybridized carbons (Fsp3) is 0.273. The van der Waals surface area contributed by atoms with Crippen molar-refractivity contribution in [2.75, 3.05) is 6.54 Å². The van der Waals surface area contributed by atoms with Crippen LogP contribution >= 0.6 is 24.0 Å². The van der Waals surface area contributed by atoms with Crippen LogP contribution in [-0.2, 0) is 13.0 Å². The Bertz CT molecular complexity index is 491. The zero-order valence-electron chi connectivity index (χ0n) is 9.51. The fourth-order valence-corrected chi connectivity index (χ4v) is 1.47. The second-order valence-corrected chi connectivity index (χ2v) is 3.77. The Morgan fingerprint density at radius 1 is 1.33 bits per heavy atom. The van der Waals surface area contributed by atoms with E-state index in [9.17, 15) is 0 Å². The van der Waals surface area contributed by atoms with Gasteiger partial charge in [0.2, 0.25) is 11.7 Å². The molecule has 0 spiro atoms. The summed E-state index contributed by atoms with van der Waals surface area (Å²) in [5.74, 6) is 1.60. The summed E-state index contributed by atoms with van der Waals surface area (Å²) in [5.41, 5.74) is 5.38. The molecule has 2 rings (SSSR count). The van der Waals surface area contributed by atoms with E-state index in [4.69, 9.17) is 26.6 Å². The van der Waals surface area contributed by atoms with E-state index in [1.807, 2.05) is 12.1 Å². The average molecular weight is 290 g/mol. The minimum atomic E-state index is 0. The third-order valence-electron chi connectivity index (χ3n) is 2.06. The van der Waals surface area contributed by atoms with Gasteiger partial charge in [0.25, 0.3) is 0 Å². The summed E-state index contributed by atoms with van der Waals surface area (Å²) in [6, 6.07) is 7.22. The molecule has 1 aromatic heterocycles. The number of hydrogen-bond acceptors (Lipinski definition) is 5. The van der Waals surface area contributed by atoms with Crippen LogP contribution in [0.15, 0.2) is 28.8 Å². The van der Waals surface area contributed by atoms with E-state index in [1.54, 1.807) is 12.1 Å². The standard InChI is InChI=1S/C11H12ClN3O2.ClH/c12-8-3-1-2-4-9(8)16-7-10-14-11(5-6-13)17-15-10;/h1-4H,5-7,13H2;1H. The molecule has 2 aromatic rings. The number of hydrogen-bond donors (Lipinski definition) is 1. The summed E-state index contributed by atoms with van der Waals surface area (Å²) in [6.07, 6.45) is 0.569. The van der Waals surface area contributed by atoms with E-state index in [1.165, 1.54) is 0 Å². The van der Waals surface area contributed by atoms with Gasteiger partial charge >= 0.3 is 0 Å². The topological polar surface area (TPSA) is 74.2 Å². The maximum atomic E-state index is 5.94. The van der Waals surface area contributed by atoms with E-state index in [-0.39, 0.29) is 19.0 Å². The quantitative estimate of drug-likeness (QED) is 0.914. The van der Waals surface area contributed by atoms with Crippen LogP contribution in [0.4, 0.5) is 0 Å². The summed E-state index contributed by atoms with van der Waals surface area (Å²) in [4.78, 5) is 4.12. The number of halogens is 2. The molecule has 98 valence electrons. The first kappa shape index (κ1) is 14.8. The molecule has 2 N–H and O–H groups in total. The van der Waals surface area contributed by atoms with Crippen molar-refractivity contribution < 1.29 is 9.26 Å². The molecule has 0 amide bonds. The molecule has 0 aliphatic rings. The van der Waals surface area contributed by atoms with Crippen molar-refractivity contribution in [3.05, 3.63) is 41.0 Å². The lowest BCUT2D eigenvalue weighted by molar-refractivity contribution is 0.285. The Kier molecular flexibility index (Phi) is 5.91. The molecule has 18 heavy (non-hydrogen) atoms. The van der Waals surface area contributed by atoms with Gasteiger partial charge in [0.15, 0.2) is 6.61 Å². The maximum absolute atomic E-state index is 5.94.